The lowest BCUT2D eigenvalue weighted by atomic mass is 9.72. The molecule has 1 heterocycles. The summed E-state index contributed by atoms with van der Waals surface area (Å²) in [6.45, 7) is 6.18. The van der Waals surface area contributed by atoms with Crippen molar-refractivity contribution in [2.24, 2.45) is 17.8 Å². The highest BCUT2D eigenvalue weighted by Gasteiger charge is 2.41. The van der Waals surface area contributed by atoms with E-state index in [1.807, 2.05) is 0 Å². The second-order valence-electron chi connectivity index (χ2n) is 6.56. The maximum atomic E-state index is 2.62. The molecule has 4 unspecified atom stereocenters. The third-order valence-corrected chi connectivity index (χ3v) is 5.44. The molecule has 1 saturated heterocycles. The molecule has 0 aromatic heterocycles. The fraction of sp³-hybridized carbons (Fsp3) is 1.00. The van der Waals surface area contributed by atoms with Crippen molar-refractivity contribution in [3.05, 3.63) is 0 Å². The van der Waals surface area contributed by atoms with Crippen molar-refractivity contribution in [3.8, 4) is 0 Å². The Balaban J connectivity index is 2.05. The van der Waals surface area contributed by atoms with Gasteiger partial charge in [-0.15, -0.1) is 0 Å². The molecule has 2 fully saturated rings. The van der Waals surface area contributed by atoms with Crippen molar-refractivity contribution in [1.82, 2.24) is 4.90 Å². The van der Waals surface area contributed by atoms with Gasteiger partial charge in [0.1, 0.15) is 0 Å². The van der Waals surface area contributed by atoms with Crippen LogP contribution in [0.4, 0.5) is 0 Å². The molecule has 17 heavy (non-hydrogen) atoms. The van der Waals surface area contributed by atoms with Crippen LogP contribution in [0, 0.1) is 17.8 Å². The van der Waals surface area contributed by atoms with Crippen LogP contribution >= 0.6 is 0 Å². The van der Waals surface area contributed by atoms with Gasteiger partial charge in [0.05, 0.1) is 0 Å². The Bertz CT molecular complexity index is 224. The minimum atomic E-state index is 0.833. The first-order valence-corrected chi connectivity index (χ1v) is 7.94. The van der Waals surface area contributed by atoms with Crippen LogP contribution in [0.1, 0.15) is 65.2 Å². The predicted octanol–water partition coefficient (Wildman–Crippen LogP) is 4.32. The summed E-state index contributed by atoms with van der Waals surface area (Å²) in [6.07, 6.45) is 11.8. The van der Waals surface area contributed by atoms with E-state index in [9.17, 15) is 0 Å². The molecule has 4 atom stereocenters. The fourth-order valence-electron chi connectivity index (χ4n) is 4.39. The van der Waals surface area contributed by atoms with Crippen LogP contribution in [0.2, 0.25) is 0 Å². The zero-order valence-corrected chi connectivity index (χ0v) is 12.1. The van der Waals surface area contributed by atoms with Crippen molar-refractivity contribution < 1.29 is 0 Å². The number of nitrogens with zero attached hydrogens (tertiary/aromatic N) is 1. The maximum absolute atomic E-state index is 2.62. The average Bonchev–Trinajstić information content (AvgIpc) is 2.55. The lowest BCUT2D eigenvalue weighted by molar-refractivity contribution is 0.174. The molecule has 0 spiro atoms. The number of hydrogen-bond donors (Lipinski definition) is 0. The predicted molar refractivity (Wildman–Crippen MR) is 75.2 cm³/mol. The van der Waals surface area contributed by atoms with Crippen molar-refractivity contribution in [2.75, 3.05) is 13.6 Å². The highest BCUT2D eigenvalue weighted by Crippen LogP contribution is 2.42. The molecule has 0 amide bonds. The Labute approximate surface area is 108 Å². The van der Waals surface area contributed by atoms with Gasteiger partial charge in [-0.05, 0) is 38.1 Å². The molecular formula is C16H31N. The van der Waals surface area contributed by atoms with E-state index >= 15 is 0 Å². The van der Waals surface area contributed by atoms with E-state index in [0.29, 0.717) is 0 Å². The molecule has 0 N–H and O–H groups in total. The molecule has 0 aromatic carbocycles. The smallest absolute Gasteiger partial charge is 0.00980 e. The summed E-state index contributed by atoms with van der Waals surface area (Å²) in [5, 5.41) is 0. The van der Waals surface area contributed by atoms with Crippen molar-refractivity contribution in [1.29, 1.82) is 0 Å². The normalized spacial score (nSPS) is 39.7. The minimum absolute atomic E-state index is 0.833. The van der Waals surface area contributed by atoms with E-state index in [2.05, 4.69) is 25.8 Å². The van der Waals surface area contributed by atoms with Gasteiger partial charge >= 0.3 is 0 Å². The summed E-state index contributed by atoms with van der Waals surface area (Å²) in [5.41, 5.74) is 0. The maximum Gasteiger partial charge on any atom is 0.00980 e. The van der Waals surface area contributed by atoms with Crippen LogP contribution < -0.4 is 0 Å². The Morgan fingerprint density at radius 2 is 1.88 bits per heavy atom. The average molecular weight is 237 g/mol. The number of unbranched alkanes of at least 4 members (excludes halogenated alkanes) is 1. The molecule has 2 rings (SSSR count). The van der Waals surface area contributed by atoms with E-state index < -0.39 is 0 Å². The van der Waals surface area contributed by atoms with Crippen LogP contribution in [-0.2, 0) is 0 Å². The molecule has 1 nitrogen and oxygen atoms in total. The molecule has 100 valence electrons. The van der Waals surface area contributed by atoms with Crippen molar-refractivity contribution in [3.63, 3.8) is 0 Å². The number of fused-ring (bicyclic) bond motifs is 1. The summed E-state index contributed by atoms with van der Waals surface area (Å²) in [4.78, 5) is 2.62. The Hall–Kier alpha value is -0.0400. The number of likely N-dealkylation sites (tertiary alicyclic amines) is 1. The number of rotatable bonds is 3. The van der Waals surface area contributed by atoms with Crippen LogP contribution in [-0.4, -0.2) is 24.5 Å². The molecule has 0 bridgehead atoms. The minimum Gasteiger partial charge on any atom is -0.303 e. The van der Waals surface area contributed by atoms with Gasteiger partial charge in [0.25, 0.3) is 0 Å². The van der Waals surface area contributed by atoms with Crippen molar-refractivity contribution in [2.45, 2.75) is 71.3 Å². The van der Waals surface area contributed by atoms with E-state index in [4.69, 9.17) is 0 Å². The first kappa shape index (κ1) is 13.4. The molecular weight excluding hydrogens is 206 g/mol. The van der Waals surface area contributed by atoms with Crippen LogP contribution in [0.25, 0.3) is 0 Å². The van der Waals surface area contributed by atoms with Crippen molar-refractivity contribution >= 4 is 0 Å². The lowest BCUT2D eigenvalue weighted by Crippen LogP contribution is -2.31. The fourth-order valence-corrected chi connectivity index (χ4v) is 4.39. The summed E-state index contributed by atoms with van der Waals surface area (Å²) in [6, 6.07) is 0.833. The highest BCUT2D eigenvalue weighted by molar-refractivity contribution is 4.93. The standard InChI is InChI=1S/C16H31N/c1-4-5-9-14-10-7-6-8-11-15-12-17(3)13(2)16(14)15/h13-16H,4-12H2,1-3H3. The second kappa shape index (κ2) is 6.22. The topological polar surface area (TPSA) is 3.24 Å². The summed E-state index contributed by atoms with van der Waals surface area (Å²) >= 11 is 0. The van der Waals surface area contributed by atoms with Gasteiger partial charge in [0.2, 0.25) is 0 Å². The molecule has 0 aromatic rings. The summed E-state index contributed by atoms with van der Waals surface area (Å²) in [5.74, 6) is 3.05. The summed E-state index contributed by atoms with van der Waals surface area (Å²) < 4.78 is 0. The molecule has 1 aliphatic heterocycles. The zero-order valence-electron chi connectivity index (χ0n) is 12.1. The van der Waals surface area contributed by atoms with Crippen LogP contribution in [0.15, 0.2) is 0 Å². The van der Waals surface area contributed by atoms with E-state index in [1.54, 1.807) is 0 Å². The molecule has 2 aliphatic rings. The Morgan fingerprint density at radius 1 is 1.12 bits per heavy atom. The van der Waals surface area contributed by atoms with Gasteiger partial charge in [0.15, 0.2) is 0 Å². The molecule has 1 aliphatic carbocycles. The first-order valence-electron chi connectivity index (χ1n) is 7.94. The van der Waals surface area contributed by atoms with Gasteiger partial charge in [-0.25, -0.2) is 0 Å². The van der Waals surface area contributed by atoms with Crippen LogP contribution in [0.5, 0.6) is 0 Å². The zero-order chi connectivity index (χ0) is 12.3. The lowest BCUT2D eigenvalue weighted by Gasteiger charge is -2.33. The summed E-state index contributed by atoms with van der Waals surface area (Å²) in [7, 11) is 2.34. The Morgan fingerprint density at radius 3 is 2.65 bits per heavy atom. The van der Waals surface area contributed by atoms with Gasteiger partial charge in [-0.3, -0.25) is 0 Å². The van der Waals surface area contributed by atoms with Gasteiger partial charge in [-0.1, -0.05) is 51.9 Å². The van der Waals surface area contributed by atoms with E-state index in [-0.39, 0.29) is 0 Å². The van der Waals surface area contributed by atoms with Gasteiger partial charge < -0.3 is 4.90 Å². The Kier molecular flexibility index (Phi) is 4.90. The SMILES string of the molecule is CCCCC1CCCCCC2CN(C)C(C)C12. The third-order valence-electron chi connectivity index (χ3n) is 5.44. The molecule has 0 radical (unpaired) electrons. The monoisotopic (exact) mass is 237 g/mol. The van der Waals surface area contributed by atoms with E-state index in [1.165, 1.54) is 57.9 Å². The van der Waals surface area contributed by atoms with Crippen LogP contribution in [0.3, 0.4) is 0 Å². The largest absolute Gasteiger partial charge is 0.303 e. The first-order chi connectivity index (χ1) is 8.24. The van der Waals surface area contributed by atoms with Gasteiger partial charge in [0, 0.05) is 12.6 Å². The number of hydrogen-bond acceptors (Lipinski definition) is 1. The van der Waals surface area contributed by atoms with Gasteiger partial charge in [-0.2, -0.15) is 0 Å². The third kappa shape index (κ3) is 3.05. The highest BCUT2D eigenvalue weighted by atomic mass is 15.2. The molecule has 1 saturated carbocycles. The quantitative estimate of drug-likeness (QED) is 0.706. The second-order valence-corrected chi connectivity index (χ2v) is 6.56. The van der Waals surface area contributed by atoms with E-state index in [0.717, 1.165) is 23.8 Å². The molecule has 1 heteroatoms.